The number of ether oxygens (including phenoxy) is 2. The molecule has 0 saturated heterocycles. The molecule has 5 heteroatoms. The first-order valence-corrected chi connectivity index (χ1v) is 6.84. The molecule has 1 aromatic carbocycles. The van der Waals surface area contributed by atoms with Gasteiger partial charge in [0.1, 0.15) is 5.75 Å². The number of aromatic nitrogens is 1. The van der Waals surface area contributed by atoms with Crippen LogP contribution < -0.4 is 14.9 Å². The minimum Gasteiger partial charge on any atom is -0.493 e. The van der Waals surface area contributed by atoms with Gasteiger partial charge in [-0.1, -0.05) is 12.1 Å². The van der Waals surface area contributed by atoms with Gasteiger partial charge in [-0.3, -0.25) is 4.79 Å². The van der Waals surface area contributed by atoms with Crippen LogP contribution in [0.4, 0.5) is 0 Å². The van der Waals surface area contributed by atoms with Crippen molar-refractivity contribution in [1.29, 1.82) is 0 Å². The van der Waals surface area contributed by atoms with Gasteiger partial charge in [0, 0.05) is 24.4 Å². The lowest BCUT2D eigenvalue weighted by Gasteiger charge is -2.08. The Labute approximate surface area is 123 Å². The Morgan fingerprint density at radius 2 is 2.00 bits per heavy atom. The average Bonchev–Trinajstić information content (AvgIpc) is 2.48. The highest BCUT2D eigenvalue weighted by atomic mass is 16.5. The summed E-state index contributed by atoms with van der Waals surface area (Å²) in [4.78, 5) is 14.4. The molecule has 0 saturated carbocycles. The number of hydrogen-bond acceptors (Lipinski definition) is 4. The van der Waals surface area contributed by atoms with E-state index in [1.54, 1.807) is 0 Å². The number of aromatic amines is 1. The summed E-state index contributed by atoms with van der Waals surface area (Å²) in [5.41, 5.74) is 1.38. The number of aliphatic hydroxyl groups is 1. The number of benzene rings is 1. The number of nitrogens with one attached hydrogen (secondary N) is 1. The molecule has 1 aromatic heterocycles. The summed E-state index contributed by atoms with van der Waals surface area (Å²) in [5.74, 6) is 1.09. The minimum atomic E-state index is -0.239. The Bertz CT molecular complexity index is 636. The zero-order valence-corrected chi connectivity index (χ0v) is 12.0. The van der Waals surface area contributed by atoms with E-state index in [9.17, 15) is 4.79 Å². The lowest BCUT2D eigenvalue weighted by atomic mass is 10.2. The third-order valence-electron chi connectivity index (χ3n) is 2.91. The van der Waals surface area contributed by atoms with E-state index in [4.69, 9.17) is 14.6 Å². The molecule has 0 amide bonds. The fourth-order valence-corrected chi connectivity index (χ4v) is 1.84. The summed E-state index contributed by atoms with van der Waals surface area (Å²) in [5, 5.41) is 8.90. The van der Waals surface area contributed by atoms with Crippen molar-refractivity contribution in [3.63, 3.8) is 0 Å². The Morgan fingerprint density at radius 1 is 1.19 bits per heavy atom. The van der Waals surface area contributed by atoms with E-state index in [-0.39, 0.29) is 17.8 Å². The lowest BCUT2D eigenvalue weighted by molar-refractivity contribution is 0.245. The van der Waals surface area contributed by atoms with Gasteiger partial charge < -0.3 is 19.6 Å². The van der Waals surface area contributed by atoms with Gasteiger partial charge in [-0.2, -0.15) is 0 Å². The molecule has 112 valence electrons. The largest absolute Gasteiger partial charge is 0.493 e. The summed E-state index contributed by atoms with van der Waals surface area (Å²) in [6.45, 7) is 2.74. The third-order valence-corrected chi connectivity index (χ3v) is 2.91. The maximum Gasteiger partial charge on any atom is 0.223 e. The third kappa shape index (κ3) is 4.65. The van der Waals surface area contributed by atoms with Crippen molar-refractivity contribution in [2.24, 2.45) is 0 Å². The van der Waals surface area contributed by atoms with Gasteiger partial charge in [0.25, 0.3) is 0 Å². The Balaban J connectivity index is 1.74. The molecular weight excluding hydrogens is 270 g/mol. The second-order valence-corrected chi connectivity index (χ2v) is 4.71. The molecule has 2 rings (SSSR count). The van der Waals surface area contributed by atoms with E-state index in [0.717, 1.165) is 11.3 Å². The number of aryl methyl sites for hydroxylation is 1. The summed E-state index contributed by atoms with van der Waals surface area (Å²) >= 11 is 0. The number of pyridine rings is 1. The quantitative estimate of drug-likeness (QED) is 0.765. The molecule has 0 aliphatic heterocycles. The van der Waals surface area contributed by atoms with Crippen molar-refractivity contribution in [3.8, 4) is 11.5 Å². The molecule has 0 radical (unpaired) electrons. The number of hydrogen-bond donors (Lipinski definition) is 2. The zero-order chi connectivity index (χ0) is 15.1. The van der Waals surface area contributed by atoms with E-state index in [2.05, 4.69) is 4.98 Å². The smallest absolute Gasteiger partial charge is 0.223 e. The Hall–Kier alpha value is -2.27. The fourth-order valence-electron chi connectivity index (χ4n) is 1.84. The second kappa shape index (κ2) is 7.50. The molecular formula is C16H19NO4. The van der Waals surface area contributed by atoms with Crippen LogP contribution in [0.1, 0.15) is 17.7 Å². The molecule has 0 unspecified atom stereocenters. The predicted molar refractivity (Wildman–Crippen MR) is 79.8 cm³/mol. The average molecular weight is 289 g/mol. The van der Waals surface area contributed by atoms with Crippen molar-refractivity contribution < 1.29 is 14.6 Å². The van der Waals surface area contributed by atoms with Crippen LogP contribution in [-0.2, 0) is 6.61 Å². The first-order chi connectivity index (χ1) is 10.2. The number of H-pyrrole nitrogens is 1. The molecule has 2 N–H and O–H groups in total. The molecule has 0 bridgehead atoms. The predicted octanol–water partition coefficient (Wildman–Crippen LogP) is 2.02. The van der Waals surface area contributed by atoms with Gasteiger partial charge in [0.15, 0.2) is 5.75 Å². The highest BCUT2D eigenvalue weighted by Crippen LogP contribution is 2.12. The van der Waals surface area contributed by atoms with Crippen molar-refractivity contribution in [2.45, 2.75) is 20.0 Å². The summed E-state index contributed by atoms with van der Waals surface area (Å²) in [6, 6.07) is 9.17. The first-order valence-electron chi connectivity index (χ1n) is 6.84. The maximum atomic E-state index is 11.6. The molecule has 0 aliphatic carbocycles. The van der Waals surface area contributed by atoms with Crippen LogP contribution in [0.25, 0.3) is 0 Å². The molecule has 21 heavy (non-hydrogen) atoms. The summed E-state index contributed by atoms with van der Waals surface area (Å²) < 4.78 is 11.0. The Kier molecular flexibility index (Phi) is 5.40. The standard InChI is InChI=1S/C16H19NO4/c1-12-4-2-5-14(8-12)20-6-3-7-21-16-10-17-13(11-18)9-15(16)19/h2,4-5,8-10,18H,3,6-7,11H2,1H3,(H,17,19). The van der Waals surface area contributed by atoms with Gasteiger partial charge in [-0.15, -0.1) is 0 Å². The van der Waals surface area contributed by atoms with E-state index in [0.29, 0.717) is 25.3 Å². The highest BCUT2D eigenvalue weighted by molar-refractivity contribution is 5.27. The van der Waals surface area contributed by atoms with Crippen LogP contribution in [0.3, 0.4) is 0 Å². The van der Waals surface area contributed by atoms with Crippen LogP contribution >= 0.6 is 0 Å². The normalized spacial score (nSPS) is 10.4. The second-order valence-electron chi connectivity index (χ2n) is 4.71. The molecule has 1 heterocycles. The summed E-state index contributed by atoms with van der Waals surface area (Å²) in [6.07, 6.45) is 2.14. The van der Waals surface area contributed by atoms with Crippen LogP contribution in [0.2, 0.25) is 0 Å². The lowest BCUT2D eigenvalue weighted by Crippen LogP contribution is -2.12. The molecule has 2 aromatic rings. The van der Waals surface area contributed by atoms with Crippen LogP contribution in [0, 0.1) is 6.92 Å². The maximum absolute atomic E-state index is 11.6. The van der Waals surface area contributed by atoms with Crippen molar-refractivity contribution in [1.82, 2.24) is 4.98 Å². The highest BCUT2D eigenvalue weighted by Gasteiger charge is 2.02. The van der Waals surface area contributed by atoms with Crippen LogP contribution in [0.15, 0.2) is 41.3 Å². The Morgan fingerprint density at radius 3 is 2.71 bits per heavy atom. The van der Waals surface area contributed by atoms with Gasteiger partial charge in [-0.25, -0.2) is 0 Å². The van der Waals surface area contributed by atoms with Crippen molar-refractivity contribution in [2.75, 3.05) is 13.2 Å². The number of aliphatic hydroxyl groups excluding tert-OH is 1. The zero-order valence-electron chi connectivity index (χ0n) is 12.0. The number of rotatable bonds is 7. The fraction of sp³-hybridized carbons (Fsp3) is 0.312. The van der Waals surface area contributed by atoms with Gasteiger partial charge in [0.05, 0.1) is 19.8 Å². The van der Waals surface area contributed by atoms with Crippen LogP contribution in [0.5, 0.6) is 11.5 Å². The molecule has 0 aliphatic rings. The molecule has 0 atom stereocenters. The van der Waals surface area contributed by atoms with Crippen molar-refractivity contribution >= 4 is 0 Å². The van der Waals surface area contributed by atoms with E-state index >= 15 is 0 Å². The van der Waals surface area contributed by atoms with E-state index < -0.39 is 0 Å². The van der Waals surface area contributed by atoms with Crippen LogP contribution in [-0.4, -0.2) is 23.3 Å². The molecule has 5 nitrogen and oxygen atoms in total. The minimum absolute atomic E-state index is 0.195. The SMILES string of the molecule is Cc1cccc(OCCCOc2c[nH]c(CO)cc2=O)c1. The monoisotopic (exact) mass is 289 g/mol. The van der Waals surface area contributed by atoms with Gasteiger partial charge >= 0.3 is 0 Å². The molecule has 0 spiro atoms. The van der Waals surface area contributed by atoms with Gasteiger partial charge in [0.2, 0.25) is 5.43 Å². The summed E-state index contributed by atoms with van der Waals surface area (Å²) in [7, 11) is 0. The van der Waals surface area contributed by atoms with Gasteiger partial charge in [-0.05, 0) is 24.6 Å². The van der Waals surface area contributed by atoms with E-state index in [1.165, 1.54) is 12.3 Å². The van der Waals surface area contributed by atoms with Crippen molar-refractivity contribution in [3.05, 3.63) is 58.0 Å². The molecule has 0 fully saturated rings. The topological polar surface area (TPSA) is 71.6 Å². The van der Waals surface area contributed by atoms with E-state index in [1.807, 2.05) is 31.2 Å². The first kappa shape index (κ1) is 15.1.